The van der Waals surface area contributed by atoms with Crippen LogP contribution in [0.25, 0.3) is 17.0 Å². The van der Waals surface area contributed by atoms with E-state index in [0.717, 1.165) is 12.1 Å². The molecule has 1 aromatic heterocycles. The minimum Gasteiger partial charge on any atom is -0.496 e. The van der Waals surface area contributed by atoms with Gasteiger partial charge in [-0.1, -0.05) is 30.3 Å². The molecule has 0 bridgehead atoms. The van der Waals surface area contributed by atoms with E-state index in [1.165, 1.54) is 26.2 Å². The Hall–Kier alpha value is -3.58. The highest BCUT2D eigenvalue weighted by Crippen LogP contribution is 2.43. The molecule has 7 atom stereocenters. The number of hydrogen-bond acceptors (Lipinski definition) is 11. The van der Waals surface area contributed by atoms with Crippen LogP contribution in [0.4, 0.5) is 0 Å². The molecule has 2 heterocycles. The van der Waals surface area contributed by atoms with E-state index in [0.29, 0.717) is 11.1 Å². The quantitative estimate of drug-likeness (QED) is 0.200. The number of aliphatic hydroxyl groups excluding tert-OH is 5. The molecule has 0 amide bonds. The van der Waals surface area contributed by atoms with Crippen LogP contribution in [0.3, 0.4) is 0 Å². The van der Waals surface area contributed by atoms with Crippen molar-refractivity contribution in [3.05, 3.63) is 81.2 Å². The Labute approximate surface area is 229 Å². The fourth-order valence-corrected chi connectivity index (χ4v) is 4.71. The van der Waals surface area contributed by atoms with Crippen molar-refractivity contribution in [3.8, 4) is 5.75 Å². The number of fused-ring (bicyclic) bond motifs is 1. The summed E-state index contributed by atoms with van der Waals surface area (Å²) in [6.45, 7) is 2.27. The zero-order valence-corrected chi connectivity index (χ0v) is 22.1. The SMILES string of the molecule is COc1cc(C)c2c(=O)cc([C@@H](O)[C@H](C)O)oc2c1[C@@H]1O[C@H](CO)[C@@H](O)[C@H](O)[C@H]1OC(=O)/C=C/c1ccccc1. The zero-order chi connectivity index (χ0) is 29.1. The van der Waals surface area contributed by atoms with Crippen molar-refractivity contribution >= 4 is 23.0 Å². The maximum atomic E-state index is 13.1. The first kappa shape index (κ1) is 29.4. The van der Waals surface area contributed by atoms with E-state index in [2.05, 4.69) is 0 Å². The first-order valence-electron chi connectivity index (χ1n) is 12.6. The third kappa shape index (κ3) is 5.80. The smallest absolute Gasteiger partial charge is 0.331 e. The van der Waals surface area contributed by atoms with Gasteiger partial charge in [-0.05, 0) is 37.1 Å². The molecule has 0 saturated carbocycles. The molecule has 214 valence electrons. The van der Waals surface area contributed by atoms with Crippen molar-refractivity contribution in [1.29, 1.82) is 0 Å². The van der Waals surface area contributed by atoms with Gasteiger partial charge in [0.05, 0.1) is 30.8 Å². The maximum Gasteiger partial charge on any atom is 0.331 e. The van der Waals surface area contributed by atoms with Crippen molar-refractivity contribution in [2.24, 2.45) is 0 Å². The molecule has 0 unspecified atom stereocenters. The van der Waals surface area contributed by atoms with Crippen molar-refractivity contribution in [2.45, 2.75) is 56.6 Å². The lowest BCUT2D eigenvalue weighted by atomic mass is 9.88. The second-order valence-corrected chi connectivity index (χ2v) is 9.62. The van der Waals surface area contributed by atoms with Crippen molar-refractivity contribution < 1.29 is 49.0 Å². The van der Waals surface area contributed by atoms with Crippen LogP contribution in [0.15, 0.2) is 57.8 Å². The number of carbonyl (C=O) groups excluding carboxylic acids is 1. The molecule has 1 saturated heterocycles. The van der Waals surface area contributed by atoms with E-state index >= 15 is 0 Å². The predicted octanol–water partition coefficient (Wildman–Crippen LogP) is 1.30. The standard InChI is InChI=1S/C29H32O11/c1-14-11-18(37-3)23(27-22(14)17(32)12-19(38-27)24(34)15(2)31)28-29(26(36)25(35)20(13-30)39-28)40-21(33)10-9-16-7-5-4-6-8-16/h4-12,15,20,24-26,28-31,34-36H,13H2,1-3H3/b10-9+/t15-,20+,24-,25+,26-,28-,29+/m0/s1. The zero-order valence-electron chi connectivity index (χ0n) is 22.1. The highest BCUT2D eigenvalue weighted by Gasteiger charge is 2.49. The third-order valence-corrected chi connectivity index (χ3v) is 6.80. The van der Waals surface area contributed by atoms with Gasteiger partial charge in [-0.2, -0.15) is 0 Å². The summed E-state index contributed by atoms with van der Waals surface area (Å²) in [7, 11) is 1.35. The van der Waals surface area contributed by atoms with E-state index in [9.17, 15) is 35.1 Å². The molecule has 40 heavy (non-hydrogen) atoms. The summed E-state index contributed by atoms with van der Waals surface area (Å²) in [4.78, 5) is 26.0. The van der Waals surface area contributed by atoms with Gasteiger partial charge in [0.25, 0.3) is 0 Å². The molecule has 11 heteroatoms. The number of hydrogen-bond donors (Lipinski definition) is 5. The lowest BCUT2D eigenvalue weighted by Gasteiger charge is -2.42. The van der Waals surface area contributed by atoms with Gasteiger partial charge >= 0.3 is 5.97 Å². The highest BCUT2D eigenvalue weighted by atomic mass is 16.6. The summed E-state index contributed by atoms with van der Waals surface area (Å²) in [5.74, 6) is -0.975. The maximum absolute atomic E-state index is 13.1. The monoisotopic (exact) mass is 556 g/mol. The highest BCUT2D eigenvalue weighted by molar-refractivity contribution is 5.88. The molecular weight excluding hydrogens is 524 g/mol. The fourth-order valence-electron chi connectivity index (χ4n) is 4.71. The van der Waals surface area contributed by atoms with Gasteiger partial charge in [0.1, 0.15) is 47.6 Å². The Morgan fingerprint density at radius 2 is 1.82 bits per heavy atom. The largest absolute Gasteiger partial charge is 0.496 e. The molecule has 1 aliphatic rings. The number of esters is 1. The van der Waals surface area contributed by atoms with Crippen LogP contribution in [0.2, 0.25) is 0 Å². The molecule has 3 aromatic rings. The Morgan fingerprint density at radius 3 is 2.45 bits per heavy atom. The summed E-state index contributed by atoms with van der Waals surface area (Å²) in [6.07, 6.45) is -7.75. The Bertz CT molecular complexity index is 1430. The number of aryl methyl sites for hydroxylation is 1. The molecule has 1 aliphatic heterocycles. The molecule has 0 spiro atoms. The van der Waals surface area contributed by atoms with E-state index in [-0.39, 0.29) is 28.0 Å². The second-order valence-electron chi connectivity index (χ2n) is 9.62. The molecular formula is C29H32O11. The Balaban J connectivity index is 1.87. The number of aliphatic hydroxyl groups is 5. The molecule has 1 fully saturated rings. The van der Waals surface area contributed by atoms with Gasteiger partial charge in [0.2, 0.25) is 0 Å². The van der Waals surface area contributed by atoms with Gasteiger partial charge in [-0.15, -0.1) is 0 Å². The van der Waals surface area contributed by atoms with Crippen molar-refractivity contribution in [1.82, 2.24) is 0 Å². The van der Waals surface area contributed by atoms with Crippen LogP contribution in [-0.2, 0) is 14.3 Å². The summed E-state index contributed by atoms with van der Waals surface area (Å²) >= 11 is 0. The van der Waals surface area contributed by atoms with E-state index in [1.54, 1.807) is 31.2 Å². The van der Waals surface area contributed by atoms with Gasteiger partial charge in [0, 0.05) is 12.1 Å². The number of benzene rings is 2. The first-order valence-corrected chi connectivity index (χ1v) is 12.6. The number of methoxy groups -OCH3 is 1. The minimum absolute atomic E-state index is 0.0362. The van der Waals surface area contributed by atoms with Crippen LogP contribution in [0.1, 0.15) is 41.6 Å². The van der Waals surface area contributed by atoms with Crippen molar-refractivity contribution in [2.75, 3.05) is 13.7 Å². The van der Waals surface area contributed by atoms with E-state index in [4.69, 9.17) is 18.6 Å². The molecule has 0 aliphatic carbocycles. The van der Waals surface area contributed by atoms with Gasteiger partial charge in [-0.25, -0.2) is 4.79 Å². The summed E-state index contributed by atoms with van der Waals surface area (Å²) in [5, 5.41) is 51.9. The summed E-state index contributed by atoms with van der Waals surface area (Å²) in [5.41, 5.74) is 0.567. The molecule has 0 radical (unpaired) electrons. The summed E-state index contributed by atoms with van der Waals surface area (Å²) in [6, 6.07) is 11.5. The fraction of sp³-hybridized carbons (Fsp3) is 0.379. The number of ether oxygens (including phenoxy) is 3. The van der Waals surface area contributed by atoms with Crippen LogP contribution in [0, 0.1) is 6.92 Å². The van der Waals surface area contributed by atoms with E-state index in [1.807, 2.05) is 6.07 Å². The van der Waals surface area contributed by atoms with Crippen molar-refractivity contribution in [3.63, 3.8) is 0 Å². The lowest BCUT2D eigenvalue weighted by Crippen LogP contribution is -2.56. The van der Waals surface area contributed by atoms with Crippen LogP contribution >= 0.6 is 0 Å². The van der Waals surface area contributed by atoms with Crippen LogP contribution in [0.5, 0.6) is 5.75 Å². The average Bonchev–Trinajstić information content (AvgIpc) is 2.94. The molecule has 5 N–H and O–H groups in total. The Morgan fingerprint density at radius 1 is 1.12 bits per heavy atom. The Kier molecular flexibility index (Phi) is 9.04. The second kappa shape index (κ2) is 12.3. The van der Waals surface area contributed by atoms with Gasteiger partial charge in [-0.3, -0.25) is 4.79 Å². The normalized spacial score (nSPS) is 24.6. The number of carbonyl (C=O) groups is 1. The molecule has 11 nitrogen and oxygen atoms in total. The van der Waals surface area contributed by atoms with Gasteiger partial charge < -0.3 is 44.2 Å². The first-order chi connectivity index (χ1) is 19.1. The lowest BCUT2D eigenvalue weighted by molar-refractivity contribution is -0.239. The predicted molar refractivity (Wildman–Crippen MR) is 142 cm³/mol. The average molecular weight is 557 g/mol. The molecule has 4 rings (SSSR count). The van der Waals surface area contributed by atoms with Gasteiger partial charge in [0.15, 0.2) is 11.5 Å². The topological polar surface area (TPSA) is 176 Å². The molecule has 2 aromatic carbocycles. The summed E-state index contributed by atoms with van der Waals surface area (Å²) < 4.78 is 23.0. The third-order valence-electron chi connectivity index (χ3n) is 6.80. The van der Waals surface area contributed by atoms with Crippen LogP contribution < -0.4 is 10.2 Å². The van der Waals surface area contributed by atoms with Crippen LogP contribution in [-0.4, -0.2) is 75.7 Å². The van der Waals surface area contributed by atoms with E-state index < -0.39 is 60.7 Å². The number of rotatable bonds is 8. The minimum atomic E-state index is -1.72.